The number of hydrogen-bond acceptors (Lipinski definition) is 4. The monoisotopic (exact) mass is 261 g/mol. The van der Waals surface area contributed by atoms with Gasteiger partial charge < -0.3 is 19.8 Å². The Labute approximate surface area is 108 Å². The lowest BCUT2D eigenvalue weighted by molar-refractivity contribution is -0.139. The van der Waals surface area contributed by atoms with Gasteiger partial charge in [0, 0.05) is 6.04 Å². The van der Waals surface area contributed by atoms with E-state index in [0.717, 1.165) is 0 Å². The molecule has 0 aliphatic carbocycles. The van der Waals surface area contributed by atoms with Gasteiger partial charge in [-0.15, -0.1) is 0 Å². The Balaban J connectivity index is 4.57. The molecule has 0 rings (SSSR count). The number of nitrogens with zero attached hydrogens (tertiary/aromatic N) is 1. The first-order valence-corrected chi connectivity index (χ1v) is 5.92. The summed E-state index contributed by atoms with van der Waals surface area (Å²) < 4.78 is 5.20. The number of amides is 1. The summed E-state index contributed by atoms with van der Waals surface area (Å²) in [5.74, 6) is -1.10. The number of carbonyl (C=O) groups excluding carboxylic acids is 1. The molecule has 0 heterocycles. The summed E-state index contributed by atoms with van der Waals surface area (Å²) in [6.07, 6.45) is -2.05. The van der Waals surface area contributed by atoms with Gasteiger partial charge in [-0.25, -0.2) is 4.79 Å². The van der Waals surface area contributed by atoms with Gasteiger partial charge in [-0.05, 0) is 34.6 Å². The van der Waals surface area contributed by atoms with Crippen LogP contribution in [0.1, 0.15) is 41.0 Å². The molecule has 0 aromatic carbocycles. The number of rotatable bonds is 5. The maximum atomic E-state index is 11.9. The van der Waals surface area contributed by atoms with Gasteiger partial charge in [0.05, 0.1) is 19.1 Å². The molecule has 6 heteroatoms. The molecular weight excluding hydrogens is 238 g/mol. The molecule has 0 aromatic heterocycles. The Morgan fingerprint density at radius 3 is 2.11 bits per heavy atom. The predicted molar refractivity (Wildman–Crippen MR) is 66.3 cm³/mol. The van der Waals surface area contributed by atoms with Gasteiger partial charge >= 0.3 is 12.1 Å². The molecule has 0 saturated carbocycles. The minimum Gasteiger partial charge on any atom is -0.481 e. The number of carboxylic acids is 1. The van der Waals surface area contributed by atoms with E-state index in [2.05, 4.69) is 0 Å². The van der Waals surface area contributed by atoms with E-state index in [0.29, 0.717) is 0 Å². The van der Waals surface area contributed by atoms with Crippen LogP contribution in [0.4, 0.5) is 4.79 Å². The maximum absolute atomic E-state index is 11.9. The summed E-state index contributed by atoms with van der Waals surface area (Å²) in [5, 5.41) is 18.1. The highest BCUT2D eigenvalue weighted by atomic mass is 16.6. The van der Waals surface area contributed by atoms with Crippen LogP contribution in [-0.2, 0) is 9.53 Å². The van der Waals surface area contributed by atoms with Crippen molar-refractivity contribution in [2.24, 2.45) is 0 Å². The molecule has 18 heavy (non-hydrogen) atoms. The molecule has 1 atom stereocenters. The smallest absolute Gasteiger partial charge is 0.410 e. The van der Waals surface area contributed by atoms with Crippen molar-refractivity contribution >= 4 is 12.1 Å². The van der Waals surface area contributed by atoms with E-state index in [1.54, 1.807) is 34.6 Å². The molecule has 1 amide bonds. The highest BCUT2D eigenvalue weighted by Gasteiger charge is 2.26. The quantitative estimate of drug-likeness (QED) is 0.782. The summed E-state index contributed by atoms with van der Waals surface area (Å²) in [4.78, 5) is 23.7. The van der Waals surface area contributed by atoms with Crippen molar-refractivity contribution in [1.82, 2.24) is 4.90 Å². The van der Waals surface area contributed by atoms with Crippen molar-refractivity contribution in [2.45, 2.75) is 58.8 Å². The van der Waals surface area contributed by atoms with Crippen LogP contribution < -0.4 is 0 Å². The molecule has 6 nitrogen and oxygen atoms in total. The third-order valence-corrected chi connectivity index (χ3v) is 2.07. The van der Waals surface area contributed by atoms with Crippen LogP contribution in [0.3, 0.4) is 0 Å². The van der Waals surface area contributed by atoms with E-state index in [1.165, 1.54) is 4.90 Å². The topological polar surface area (TPSA) is 87.1 Å². The summed E-state index contributed by atoms with van der Waals surface area (Å²) in [7, 11) is 0. The second-order valence-corrected chi connectivity index (χ2v) is 5.48. The van der Waals surface area contributed by atoms with Crippen molar-refractivity contribution in [1.29, 1.82) is 0 Å². The molecule has 0 spiro atoms. The fourth-order valence-corrected chi connectivity index (χ4v) is 1.31. The molecule has 0 saturated heterocycles. The van der Waals surface area contributed by atoms with Crippen molar-refractivity contribution in [3.63, 3.8) is 0 Å². The molecule has 2 N–H and O–H groups in total. The second kappa shape index (κ2) is 6.58. The molecule has 106 valence electrons. The number of aliphatic carboxylic acids is 1. The first-order valence-electron chi connectivity index (χ1n) is 5.92. The van der Waals surface area contributed by atoms with Crippen LogP contribution >= 0.6 is 0 Å². The van der Waals surface area contributed by atoms with Crippen molar-refractivity contribution < 1.29 is 24.5 Å². The lowest BCUT2D eigenvalue weighted by Crippen LogP contribution is -2.45. The second-order valence-electron chi connectivity index (χ2n) is 5.48. The zero-order valence-electron chi connectivity index (χ0n) is 11.6. The number of carboxylic acid groups (broad SMARTS) is 1. The zero-order valence-corrected chi connectivity index (χ0v) is 11.6. The number of ether oxygens (including phenoxy) is 1. The number of carbonyl (C=O) groups is 2. The highest BCUT2D eigenvalue weighted by Crippen LogP contribution is 2.13. The Hall–Kier alpha value is -1.30. The SMILES string of the molecule is CC(C)N(CC(O)CC(=O)O)C(=O)OC(C)(C)C. The maximum Gasteiger partial charge on any atom is 0.410 e. The molecule has 0 aliphatic heterocycles. The fraction of sp³-hybridized carbons (Fsp3) is 0.833. The van der Waals surface area contributed by atoms with E-state index < -0.39 is 30.2 Å². The number of hydrogen-bond donors (Lipinski definition) is 2. The highest BCUT2D eigenvalue weighted by molar-refractivity contribution is 5.69. The van der Waals surface area contributed by atoms with Gasteiger partial charge in [-0.2, -0.15) is 0 Å². The average molecular weight is 261 g/mol. The normalized spacial score (nSPS) is 13.3. The Morgan fingerprint density at radius 2 is 1.78 bits per heavy atom. The number of aliphatic hydroxyl groups is 1. The Kier molecular flexibility index (Phi) is 6.11. The van der Waals surface area contributed by atoms with Crippen LogP contribution in [-0.4, -0.2) is 51.5 Å². The van der Waals surface area contributed by atoms with Crippen LogP contribution in [0.15, 0.2) is 0 Å². The van der Waals surface area contributed by atoms with Gasteiger partial charge in [0.2, 0.25) is 0 Å². The molecule has 0 aromatic rings. The van der Waals surface area contributed by atoms with Crippen LogP contribution in [0.2, 0.25) is 0 Å². The third-order valence-electron chi connectivity index (χ3n) is 2.07. The van der Waals surface area contributed by atoms with Gasteiger partial charge in [0.15, 0.2) is 0 Å². The zero-order chi connectivity index (χ0) is 14.5. The molecule has 0 bridgehead atoms. The van der Waals surface area contributed by atoms with E-state index in [9.17, 15) is 14.7 Å². The minimum absolute atomic E-state index is 0.0567. The van der Waals surface area contributed by atoms with E-state index in [-0.39, 0.29) is 12.6 Å². The van der Waals surface area contributed by atoms with Gasteiger partial charge in [-0.1, -0.05) is 0 Å². The molecule has 1 unspecified atom stereocenters. The molecule has 0 radical (unpaired) electrons. The van der Waals surface area contributed by atoms with Crippen molar-refractivity contribution in [2.75, 3.05) is 6.54 Å². The van der Waals surface area contributed by atoms with E-state index in [1.807, 2.05) is 0 Å². The first-order chi connectivity index (χ1) is 8.03. The summed E-state index contributed by atoms with van der Waals surface area (Å²) in [6.45, 7) is 8.74. The Morgan fingerprint density at radius 1 is 1.28 bits per heavy atom. The van der Waals surface area contributed by atoms with Gasteiger partial charge in [0.25, 0.3) is 0 Å². The third kappa shape index (κ3) is 7.11. The van der Waals surface area contributed by atoms with Crippen LogP contribution in [0.5, 0.6) is 0 Å². The molecular formula is C12H23NO5. The lowest BCUT2D eigenvalue weighted by atomic mass is 10.2. The summed E-state index contributed by atoms with van der Waals surface area (Å²) in [5.41, 5.74) is -0.623. The fourth-order valence-electron chi connectivity index (χ4n) is 1.31. The van der Waals surface area contributed by atoms with Gasteiger partial charge in [-0.3, -0.25) is 4.79 Å². The van der Waals surface area contributed by atoms with Crippen LogP contribution in [0, 0.1) is 0 Å². The minimum atomic E-state index is -1.10. The number of aliphatic hydroxyl groups excluding tert-OH is 1. The van der Waals surface area contributed by atoms with Crippen molar-refractivity contribution in [3.05, 3.63) is 0 Å². The Bertz CT molecular complexity index is 295. The summed E-state index contributed by atoms with van der Waals surface area (Å²) in [6, 6.07) is -0.178. The molecule has 0 aliphatic rings. The van der Waals surface area contributed by atoms with Gasteiger partial charge in [0.1, 0.15) is 5.60 Å². The van der Waals surface area contributed by atoms with E-state index in [4.69, 9.17) is 9.84 Å². The largest absolute Gasteiger partial charge is 0.481 e. The molecule has 0 fully saturated rings. The lowest BCUT2D eigenvalue weighted by Gasteiger charge is -2.31. The van der Waals surface area contributed by atoms with E-state index >= 15 is 0 Å². The summed E-state index contributed by atoms with van der Waals surface area (Å²) >= 11 is 0. The average Bonchev–Trinajstić information content (AvgIpc) is 2.09. The first kappa shape index (κ1) is 16.7. The predicted octanol–water partition coefficient (Wildman–Crippen LogP) is 1.47. The van der Waals surface area contributed by atoms with Crippen LogP contribution in [0.25, 0.3) is 0 Å². The standard InChI is InChI=1S/C12H23NO5/c1-8(2)13(7-9(14)6-10(15)16)11(17)18-12(3,4)5/h8-9,14H,6-7H2,1-5H3,(H,15,16). The van der Waals surface area contributed by atoms with Crippen molar-refractivity contribution in [3.8, 4) is 0 Å².